The van der Waals surface area contributed by atoms with Gasteiger partial charge in [-0.25, -0.2) is 9.97 Å². The van der Waals surface area contributed by atoms with Crippen LogP contribution in [0.25, 0.3) is 0 Å². The molecular weight excluding hydrogens is 260 g/mol. The zero-order chi connectivity index (χ0) is 13.5. The first-order chi connectivity index (χ1) is 9.31. The van der Waals surface area contributed by atoms with Crippen LogP contribution in [0.2, 0.25) is 0 Å². The molecule has 19 heavy (non-hydrogen) atoms. The lowest BCUT2D eigenvalue weighted by Gasteiger charge is -2.10. The maximum absolute atomic E-state index is 5.10. The molecule has 0 aliphatic heterocycles. The van der Waals surface area contributed by atoms with Crippen molar-refractivity contribution in [2.45, 2.75) is 20.0 Å². The van der Waals surface area contributed by atoms with E-state index in [0.29, 0.717) is 12.4 Å². The third-order valence-electron chi connectivity index (χ3n) is 2.40. The number of nitrogens with zero attached hydrogens (tertiary/aromatic N) is 2. The summed E-state index contributed by atoms with van der Waals surface area (Å²) in [6.45, 7) is 3.41. The Morgan fingerprint density at radius 2 is 2.16 bits per heavy atom. The number of hydrogen-bond acceptors (Lipinski definition) is 6. The Bertz CT molecular complexity index is 501. The average molecular weight is 278 g/mol. The lowest BCUT2D eigenvalue weighted by Crippen LogP contribution is -2.07. The van der Waals surface area contributed by atoms with Crippen LogP contribution in [0.1, 0.15) is 19.2 Å². The highest BCUT2D eigenvalue weighted by atomic mass is 32.1. The van der Waals surface area contributed by atoms with Gasteiger partial charge in [0, 0.05) is 25.1 Å². The van der Waals surface area contributed by atoms with Gasteiger partial charge in [-0.05, 0) is 17.9 Å². The van der Waals surface area contributed by atoms with Gasteiger partial charge in [0.15, 0.2) is 5.82 Å². The standard InChI is InChI=1S/C13H18N4OS/c1-3-5-14-11-7-12(15-10-4-6-19-9-10)17-13(16-11)8-18-2/h4,6-7,9H,3,5,8H2,1-2H3,(H2,14,15,16,17). The summed E-state index contributed by atoms with van der Waals surface area (Å²) < 4.78 is 5.10. The van der Waals surface area contributed by atoms with E-state index in [-0.39, 0.29) is 0 Å². The Labute approximate surface area is 117 Å². The zero-order valence-corrected chi connectivity index (χ0v) is 12.0. The first kappa shape index (κ1) is 13.8. The predicted octanol–water partition coefficient (Wildman–Crippen LogP) is 3.25. The molecule has 5 nitrogen and oxygen atoms in total. The molecule has 0 unspecified atom stereocenters. The quantitative estimate of drug-likeness (QED) is 0.814. The van der Waals surface area contributed by atoms with Gasteiger partial charge in [-0.3, -0.25) is 0 Å². The molecule has 0 atom stereocenters. The second kappa shape index (κ2) is 7.06. The molecule has 6 heteroatoms. The first-order valence-electron chi connectivity index (χ1n) is 6.22. The summed E-state index contributed by atoms with van der Waals surface area (Å²) in [7, 11) is 1.64. The minimum absolute atomic E-state index is 0.403. The maximum Gasteiger partial charge on any atom is 0.158 e. The highest BCUT2D eigenvalue weighted by Gasteiger charge is 2.05. The van der Waals surface area contributed by atoms with E-state index in [9.17, 15) is 0 Å². The third kappa shape index (κ3) is 4.18. The van der Waals surface area contributed by atoms with Gasteiger partial charge in [-0.2, -0.15) is 11.3 Å². The summed E-state index contributed by atoms with van der Waals surface area (Å²) in [5.74, 6) is 2.27. The van der Waals surface area contributed by atoms with E-state index in [1.165, 1.54) is 0 Å². The Morgan fingerprint density at radius 1 is 1.32 bits per heavy atom. The molecule has 0 saturated carbocycles. The smallest absolute Gasteiger partial charge is 0.158 e. The summed E-state index contributed by atoms with van der Waals surface area (Å²) in [6, 6.07) is 3.93. The molecule has 2 aromatic rings. The maximum atomic E-state index is 5.10. The van der Waals surface area contributed by atoms with Gasteiger partial charge in [0.1, 0.15) is 18.2 Å². The Morgan fingerprint density at radius 3 is 2.84 bits per heavy atom. The Hall–Kier alpha value is -1.66. The van der Waals surface area contributed by atoms with Crippen molar-refractivity contribution < 1.29 is 4.74 Å². The molecule has 0 aliphatic carbocycles. The fraction of sp³-hybridized carbons (Fsp3) is 0.385. The van der Waals surface area contributed by atoms with Crippen LogP contribution >= 0.6 is 11.3 Å². The summed E-state index contributed by atoms with van der Waals surface area (Å²) >= 11 is 1.65. The SMILES string of the molecule is CCCNc1cc(Nc2ccsc2)nc(COC)n1. The monoisotopic (exact) mass is 278 g/mol. The number of anilines is 3. The topological polar surface area (TPSA) is 59.1 Å². The van der Waals surface area contributed by atoms with Crippen LogP contribution in [0.5, 0.6) is 0 Å². The number of hydrogen-bond donors (Lipinski definition) is 2. The van der Waals surface area contributed by atoms with E-state index in [1.807, 2.05) is 22.9 Å². The van der Waals surface area contributed by atoms with Gasteiger partial charge in [-0.15, -0.1) is 0 Å². The number of thiophene rings is 1. The van der Waals surface area contributed by atoms with Crippen LogP contribution in [-0.4, -0.2) is 23.6 Å². The van der Waals surface area contributed by atoms with E-state index in [4.69, 9.17) is 4.74 Å². The highest BCUT2D eigenvalue weighted by Crippen LogP contribution is 2.19. The van der Waals surface area contributed by atoms with E-state index in [0.717, 1.165) is 30.3 Å². The van der Waals surface area contributed by atoms with Gasteiger partial charge >= 0.3 is 0 Å². The fourth-order valence-corrected chi connectivity index (χ4v) is 2.17. The number of ether oxygens (including phenoxy) is 1. The Kier molecular flexibility index (Phi) is 5.11. The lowest BCUT2D eigenvalue weighted by atomic mass is 10.4. The molecule has 0 radical (unpaired) electrons. The molecule has 2 heterocycles. The molecule has 0 saturated heterocycles. The summed E-state index contributed by atoms with van der Waals surface area (Å²) in [4.78, 5) is 8.83. The van der Waals surface area contributed by atoms with Crippen molar-refractivity contribution in [3.05, 3.63) is 28.7 Å². The lowest BCUT2D eigenvalue weighted by molar-refractivity contribution is 0.178. The molecule has 0 spiro atoms. The second-order valence-electron chi connectivity index (χ2n) is 4.05. The number of rotatable bonds is 7. The average Bonchev–Trinajstić information content (AvgIpc) is 2.89. The number of nitrogens with one attached hydrogen (secondary N) is 2. The van der Waals surface area contributed by atoms with Crippen molar-refractivity contribution in [3.63, 3.8) is 0 Å². The van der Waals surface area contributed by atoms with Crippen molar-refractivity contribution in [1.29, 1.82) is 0 Å². The van der Waals surface area contributed by atoms with Crippen LogP contribution in [-0.2, 0) is 11.3 Å². The fourth-order valence-electron chi connectivity index (χ4n) is 1.58. The molecule has 2 rings (SSSR count). The minimum atomic E-state index is 0.403. The van der Waals surface area contributed by atoms with E-state index >= 15 is 0 Å². The summed E-state index contributed by atoms with van der Waals surface area (Å²) in [5.41, 5.74) is 1.04. The van der Waals surface area contributed by atoms with Crippen molar-refractivity contribution in [1.82, 2.24) is 9.97 Å². The molecule has 2 N–H and O–H groups in total. The molecule has 0 aromatic carbocycles. The van der Waals surface area contributed by atoms with Gasteiger partial charge in [-0.1, -0.05) is 6.92 Å². The molecule has 0 fully saturated rings. The third-order valence-corrected chi connectivity index (χ3v) is 3.08. The molecule has 0 bridgehead atoms. The van der Waals surface area contributed by atoms with Gasteiger partial charge < -0.3 is 15.4 Å². The van der Waals surface area contributed by atoms with Crippen LogP contribution in [0, 0.1) is 0 Å². The van der Waals surface area contributed by atoms with Crippen molar-refractivity contribution in [2.75, 3.05) is 24.3 Å². The summed E-state index contributed by atoms with van der Waals surface area (Å²) in [5, 5.41) is 10.6. The second-order valence-corrected chi connectivity index (χ2v) is 4.83. The van der Waals surface area contributed by atoms with Gasteiger partial charge in [0.2, 0.25) is 0 Å². The molecule has 2 aromatic heterocycles. The largest absolute Gasteiger partial charge is 0.377 e. The van der Waals surface area contributed by atoms with E-state index in [1.54, 1.807) is 18.4 Å². The summed E-state index contributed by atoms with van der Waals surface area (Å²) in [6.07, 6.45) is 1.05. The van der Waals surface area contributed by atoms with Crippen LogP contribution < -0.4 is 10.6 Å². The van der Waals surface area contributed by atoms with E-state index in [2.05, 4.69) is 27.5 Å². The van der Waals surface area contributed by atoms with Crippen LogP contribution in [0.4, 0.5) is 17.3 Å². The van der Waals surface area contributed by atoms with Crippen molar-refractivity contribution in [3.8, 4) is 0 Å². The predicted molar refractivity (Wildman–Crippen MR) is 79.1 cm³/mol. The van der Waals surface area contributed by atoms with Gasteiger partial charge in [0.25, 0.3) is 0 Å². The van der Waals surface area contributed by atoms with Crippen LogP contribution in [0.3, 0.4) is 0 Å². The normalized spacial score (nSPS) is 10.4. The molecule has 102 valence electrons. The first-order valence-corrected chi connectivity index (χ1v) is 7.16. The highest BCUT2D eigenvalue weighted by molar-refractivity contribution is 7.08. The number of aromatic nitrogens is 2. The van der Waals surface area contributed by atoms with E-state index < -0.39 is 0 Å². The zero-order valence-electron chi connectivity index (χ0n) is 11.1. The molecule has 0 amide bonds. The minimum Gasteiger partial charge on any atom is -0.377 e. The molecule has 0 aliphatic rings. The molecular formula is C13H18N4OS. The van der Waals surface area contributed by atoms with Crippen molar-refractivity contribution in [2.24, 2.45) is 0 Å². The Balaban J connectivity index is 2.17. The van der Waals surface area contributed by atoms with Crippen molar-refractivity contribution >= 4 is 28.7 Å². The number of methoxy groups -OCH3 is 1. The van der Waals surface area contributed by atoms with Crippen LogP contribution in [0.15, 0.2) is 22.9 Å². The van der Waals surface area contributed by atoms with Gasteiger partial charge in [0.05, 0.1) is 5.69 Å².